The fourth-order valence-corrected chi connectivity index (χ4v) is 2.14. The highest BCUT2D eigenvalue weighted by atomic mass is 16.5. The smallest absolute Gasteiger partial charge is 0.321 e. The van der Waals surface area contributed by atoms with E-state index in [-0.39, 0.29) is 0 Å². The van der Waals surface area contributed by atoms with Crippen molar-refractivity contribution in [1.82, 2.24) is 25.7 Å². The maximum atomic E-state index is 12.2. The third kappa shape index (κ3) is 3.54. The van der Waals surface area contributed by atoms with Crippen LogP contribution >= 0.6 is 0 Å². The summed E-state index contributed by atoms with van der Waals surface area (Å²) in [5.41, 5.74) is 0.873. The molecule has 1 atom stereocenters. The van der Waals surface area contributed by atoms with Crippen molar-refractivity contribution in [3.05, 3.63) is 59.4 Å². The van der Waals surface area contributed by atoms with Gasteiger partial charge in [0, 0.05) is 6.07 Å². The molecular formula is C15H16N6O2. The van der Waals surface area contributed by atoms with Gasteiger partial charge in [-0.2, -0.15) is 5.10 Å². The zero-order valence-corrected chi connectivity index (χ0v) is 12.7. The summed E-state index contributed by atoms with van der Waals surface area (Å²) in [6.07, 6.45) is 0. The van der Waals surface area contributed by atoms with Crippen LogP contribution in [-0.4, -0.2) is 26.4 Å². The molecule has 8 nitrogen and oxygen atoms in total. The first kappa shape index (κ1) is 14.8. The van der Waals surface area contributed by atoms with Crippen LogP contribution in [0.15, 0.2) is 40.9 Å². The number of hydrogen-bond acceptors (Lipinski definition) is 5. The second-order valence-corrected chi connectivity index (χ2v) is 5.04. The van der Waals surface area contributed by atoms with Crippen LogP contribution in [0.4, 0.5) is 10.6 Å². The Hall–Kier alpha value is -3.16. The number of anilines is 1. The first-order chi connectivity index (χ1) is 11.1. The van der Waals surface area contributed by atoms with Crippen LogP contribution < -0.4 is 10.6 Å². The molecule has 2 amide bonds. The third-order valence-corrected chi connectivity index (χ3v) is 3.15. The van der Waals surface area contributed by atoms with Gasteiger partial charge in [-0.25, -0.2) is 9.78 Å². The molecule has 0 bridgehead atoms. The van der Waals surface area contributed by atoms with Crippen molar-refractivity contribution in [1.29, 1.82) is 0 Å². The maximum Gasteiger partial charge on any atom is 0.321 e. The average molecular weight is 312 g/mol. The number of urea groups is 1. The summed E-state index contributed by atoms with van der Waals surface area (Å²) in [6, 6.07) is 10.2. The number of H-pyrrole nitrogens is 1. The largest absolute Gasteiger partial charge is 0.360 e. The maximum absolute atomic E-state index is 12.2. The van der Waals surface area contributed by atoms with Crippen molar-refractivity contribution in [3.63, 3.8) is 0 Å². The van der Waals surface area contributed by atoms with E-state index in [2.05, 4.69) is 31.0 Å². The van der Waals surface area contributed by atoms with Crippen molar-refractivity contribution >= 4 is 11.8 Å². The quantitative estimate of drug-likeness (QED) is 0.685. The minimum absolute atomic E-state index is 0.345. The Labute approximate surface area is 132 Å². The number of aromatic nitrogens is 4. The number of aryl methyl sites for hydroxylation is 2. The summed E-state index contributed by atoms with van der Waals surface area (Å²) in [4.78, 5) is 16.5. The minimum atomic E-state index is -0.478. The first-order valence-electron chi connectivity index (χ1n) is 7.06. The monoisotopic (exact) mass is 312 g/mol. The van der Waals surface area contributed by atoms with Gasteiger partial charge in [0.05, 0.1) is 0 Å². The van der Waals surface area contributed by atoms with Crippen molar-refractivity contribution < 1.29 is 9.32 Å². The van der Waals surface area contributed by atoms with Crippen LogP contribution in [0.5, 0.6) is 0 Å². The van der Waals surface area contributed by atoms with Crippen molar-refractivity contribution in [2.45, 2.75) is 19.9 Å². The topological polar surface area (TPSA) is 109 Å². The summed E-state index contributed by atoms with van der Waals surface area (Å²) >= 11 is 0. The third-order valence-electron chi connectivity index (χ3n) is 3.15. The van der Waals surface area contributed by atoms with E-state index < -0.39 is 12.1 Å². The summed E-state index contributed by atoms with van der Waals surface area (Å²) in [5.74, 6) is 2.12. The Bertz CT molecular complexity index is 795. The van der Waals surface area contributed by atoms with Gasteiger partial charge < -0.3 is 9.84 Å². The molecule has 8 heteroatoms. The van der Waals surface area contributed by atoms with E-state index in [0.717, 1.165) is 5.56 Å². The number of nitrogens with one attached hydrogen (secondary N) is 3. The van der Waals surface area contributed by atoms with E-state index in [0.29, 0.717) is 23.2 Å². The molecule has 0 aliphatic heterocycles. The van der Waals surface area contributed by atoms with Gasteiger partial charge in [0.25, 0.3) is 0 Å². The van der Waals surface area contributed by atoms with E-state index in [1.54, 1.807) is 19.9 Å². The molecule has 0 spiro atoms. The van der Waals surface area contributed by atoms with Gasteiger partial charge in [0.2, 0.25) is 0 Å². The molecule has 3 N–H and O–H groups in total. The van der Waals surface area contributed by atoms with E-state index in [4.69, 9.17) is 4.52 Å². The zero-order chi connectivity index (χ0) is 16.2. The standard InChI is InChI=1S/C15H16N6O2/c1-9-8-12(21-23-9)17-15(22)18-13(11-6-4-3-5-7-11)14-16-10(2)19-20-14/h3-8,13H,1-2H3,(H,16,19,20)(H2,17,18,21,22)/t13-/m1/s1. The Morgan fingerprint density at radius 3 is 2.65 bits per heavy atom. The number of amides is 2. The molecule has 3 aromatic rings. The van der Waals surface area contributed by atoms with Crippen LogP contribution in [0.25, 0.3) is 0 Å². The van der Waals surface area contributed by atoms with Gasteiger partial charge in [0.1, 0.15) is 17.6 Å². The first-order valence-corrected chi connectivity index (χ1v) is 7.06. The highest BCUT2D eigenvalue weighted by molar-refractivity contribution is 5.88. The summed E-state index contributed by atoms with van der Waals surface area (Å²) in [5, 5.41) is 16.1. The van der Waals surface area contributed by atoms with Gasteiger partial charge in [-0.3, -0.25) is 10.4 Å². The lowest BCUT2D eigenvalue weighted by atomic mass is 10.1. The lowest BCUT2D eigenvalue weighted by Crippen LogP contribution is -2.34. The number of benzene rings is 1. The Kier molecular flexibility index (Phi) is 4.05. The Morgan fingerprint density at radius 1 is 1.26 bits per heavy atom. The molecule has 0 aliphatic rings. The minimum Gasteiger partial charge on any atom is -0.360 e. The summed E-state index contributed by atoms with van der Waals surface area (Å²) in [7, 11) is 0. The lowest BCUT2D eigenvalue weighted by Gasteiger charge is -2.16. The second kappa shape index (κ2) is 6.30. The fourth-order valence-electron chi connectivity index (χ4n) is 2.14. The van der Waals surface area contributed by atoms with Crippen LogP contribution in [0, 0.1) is 13.8 Å². The molecule has 2 heterocycles. The average Bonchev–Trinajstić information content (AvgIpc) is 3.14. The van der Waals surface area contributed by atoms with Crippen LogP contribution in [0.1, 0.15) is 29.0 Å². The molecular weight excluding hydrogens is 296 g/mol. The molecule has 118 valence electrons. The van der Waals surface area contributed by atoms with E-state index in [1.165, 1.54) is 0 Å². The molecule has 23 heavy (non-hydrogen) atoms. The lowest BCUT2D eigenvalue weighted by molar-refractivity contribution is 0.249. The molecule has 0 fully saturated rings. The van der Waals surface area contributed by atoms with E-state index in [9.17, 15) is 4.79 Å². The van der Waals surface area contributed by atoms with Crippen molar-refractivity contribution in [2.24, 2.45) is 0 Å². The molecule has 3 rings (SSSR count). The zero-order valence-electron chi connectivity index (χ0n) is 12.7. The molecule has 1 aromatic carbocycles. The van der Waals surface area contributed by atoms with E-state index in [1.807, 2.05) is 30.3 Å². The highest BCUT2D eigenvalue weighted by Crippen LogP contribution is 2.19. The highest BCUT2D eigenvalue weighted by Gasteiger charge is 2.21. The van der Waals surface area contributed by atoms with Crippen LogP contribution in [-0.2, 0) is 0 Å². The Balaban J connectivity index is 1.80. The van der Waals surface area contributed by atoms with Crippen LogP contribution in [0.2, 0.25) is 0 Å². The van der Waals surface area contributed by atoms with Gasteiger partial charge in [-0.05, 0) is 19.4 Å². The molecule has 0 aliphatic carbocycles. The number of carbonyl (C=O) groups is 1. The summed E-state index contributed by atoms with van der Waals surface area (Å²) in [6.45, 7) is 3.55. The predicted molar refractivity (Wildman–Crippen MR) is 82.8 cm³/mol. The number of aromatic amines is 1. The molecule has 0 unspecified atom stereocenters. The second-order valence-electron chi connectivity index (χ2n) is 5.04. The summed E-state index contributed by atoms with van der Waals surface area (Å²) < 4.78 is 4.92. The SMILES string of the molecule is Cc1nc([C@H](NC(=O)Nc2cc(C)on2)c2ccccc2)n[nH]1. The normalized spacial score (nSPS) is 11.9. The van der Waals surface area contributed by atoms with Gasteiger partial charge >= 0.3 is 6.03 Å². The fraction of sp³-hybridized carbons (Fsp3) is 0.200. The number of rotatable bonds is 4. The van der Waals surface area contributed by atoms with E-state index >= 15 is 0 Å². The van der Waals surface area contributed by atoms with Gasteiger partial charge in [-0.15, -0.1) is 0 Å². The van der Waals surface area contributed by atoms with Crippen LogP contribution in [0.3, 0.4) is 0 Å². The molecule has 0 saturated carbocycles. The number of carbonyl (C=O) groups excluding carboxylic acids is 1. The van der Waals surface area contributed by atoms with Gasteiger partial charge in [0.15, 0.2) is 11.6 Å². The Morgan fingerprint density at radius 2 is 2.04 bits per heavy atom. The predicted octanol–water partition coefficient (Wildman–Crippen LogP) is 2.32. The molecule has 0 radical (unpaired) electrons. The molecule has 0 saturated heterocycles. The van der Waals surface area contributed by atoms with Crippen molar-refractivity contribution in [2.75, 3.05) is 5.32 Å². The molecule has 2 aromatic heterocycles. The number of nitrogens with zero attached hydrogens (tertiary/aromatic N) is 3. The van der Waals surface area contributed by atoms with Gasteiger partial charge in [-0.1, -0.05) is 35.5 Å². The number of hydrogen-bond donors (Lipinski definition) is 3. The van der Waals surface area contributed by atoms with Crippen molar-refractivity contribution in [3.8, 4) is 0 Å².